The third-order valence-electron chi connectivity index (χ3n) is 4.30. The predicted molar refractivity (Wildman–Crippen MR) is 55.2 cm³/mol. The van der Waals surface area contributed by atoms with Crippen LogP contribution in [0.1, 0.15) is 59.8 Å². The summed E-state index contributed by atoms with van der Waals surface area (Å²) in [5.74, 6) is 2.01. The standard InChI is InChI=1S/C12H24/c1-5-12(4,6-2)11-8-7-10(3)9-11/h10-11H,5-9H2,1-4H3. The first kappa shape index (κ1) is 10.1. The molecule has 0 spiro atoms. The Morgan fingerprint density at radius 3 is 2.08 bits per heavy atom. The molecular formula is C12H24. The van der Waals surface area contributed by atoms with Crippen molar-refractivity contribution in [1.82, 2.24) is 0 Å². The van der Waals surface area contributed by atoms with Crippen LogP contribution in [0.4, 0.5) is 0 Å². The summed E-state index contributed by atoms with van der Waals surface area (Å²) in [6.07, 6.45) is 7.17. The molecule has 0 aromatic rings. The molecule has 0 bridgehead atoms. The molecule has 0 heterocycles. The summed E-state index contributed by atoms with van der Waals surface area (Å²) < 4.78 is 0. The smallest absolute Gasteiger partial charge is 0.0303 e. The van der Waals surface area contributed by atoms with Crippen LogP contribution in [-0.2, 0) is 0 Å². The maximum atomic E-state index is 2.48. The molecule has 0 nitrogen and oxygen atoms in total. The lowest BCUT2D eigenvalue weighted by atomic mass is 9.72. The highest BCUT2D eigenvalue weighted by atomic mass is 14.4. The molecule has 2 atom stereocenters. The van der Waals surface area contributed by atoms with Gasteiger partial charge in [0.05, 0.1) is 0 Å². The van der Waals surface area contributed by atoms with Gasteiger partial charge in [0, 0.05) is 0 Å². The zero-order chi connectivity index (χ0) is 9.19. The van der Waals surface area contributed by atoms with Crippen molar-refractivity contribution in [2.75, 3.05) is 0 Å². The third-order valence-corrected chi connectivity index (χ3v) is 4.30. The van der Waals surface area contributed by atoms with E-state index in [1.807, 2.05) is 0 Å². The zero-order valence-electron chi connectivity index (χ0n) is 9.19. The normalized spacial score (nSPS) is 31.0. The van der Waals surface area contributed by atoms with Gasteiger partial charge in [-0.3, -0.25) is 0 Å². The van der Waals surface area contributed by atoms with Crippen LogP contribution < -0.4 is 0 Å². The van der Waals surface area contributed by atoms with E-state index in [0.29, 0.717) is 5.41 Å². The summed E-state index contributed by atoms with van der Waals surface area (Å²) in [4.78, 5) is 0. The minimum Gasteiger partial charge on any atom is -0.0649 e. The van der Waals surface area contributed by atoms with Gasteiger partial charge in [0.25, 0.3) is 0 Å². The second kappa shape index (κ2) is 3.81. The van der Waals surface area contributed by atoms with Crippen LogP contribution in [-0.4, -0.2) is 0 Å². The molecular weight excluding hydrogens is 144 g/mol. The van der Waals surface area contributed by atoms with Gasteiger partial charge in [-0.1, -0.05) is 47.0 Å². The Bertz CT molecular complexity index is 133. The van der Waals surface area contributed by atoms with Gasteiger partial charge in [-0.05, 0) is 30.1 Å². The Kier molecular flexibility index (Phi) is 3.20. The zero-order valence-corrected chi connectivity index (χ0v) is 9.19. The SMILES string of the molecule is CCC(C)(CC)C1CCC(C)C1. The maximum Gasteiger partial charge on any atom is -0.0303 e. The van der Waals surface area contributed by atoms with E-state index >= 15 is 0 Å². The fourth-order valence-corrected chi connectivity index (χ4v) is 2.67. The largest absolute Gasteiger partial charge is 0.0649 e. The minimum absolute atomic E-state index is 0.644. The van der Waals surface area contributed by atoms with Crippen LogP contribution in [0.2, 0.25) is 0 Å². The van der Waals surface area contributed by atoms with Crippen LogP contribution in [0.3, 0.4) is 0 Å². The van der Waals surface area contributed by atoms with E-state index in [0.717, 1.165) is 11.8 Å². The molecule has 0 saturated heterocycles. The second-order valence-corrected chi connectivity index (χ2v) is 4.98. The Morgan fingerprint density at radius 1 is 1.17 bits per heavy atom. The number of hydrogen-bond acceptors (Lipinski definition) is 0. The van der Waals surface area contributed by atoms with E-state index in [4.69, 9.17) is 0 Å². The van der Waals surface area contributed by atoms with Crippen LogP contribution in [0.25, 0.3) is 0 Å². The first-order valence-electron chi connectivity index (χ1n) is 5.62. The summed E-state index contributed by atoms with van der Waals surface area (Å²) in [7, 11) is 0. The molecule has 1 fully saturated rings. The van der Waals surface area contributed by atoms with Crippen molar-refractivity contribution in [1.29, 1.82) is 0 Å². The molecule has 0 radical (unpaired) electrons. The summed E-state index contributed by atoms with van der Waals surface area (Å²) in [5.41, 5.74) is 0.644. The highest BCUT2D eigenvalue weighted by Crippen LogP contribution is 2.46. The Labute approximate surface area is 77.7 Å². The fourth-order valence-electron chi connectivity index (χ4n) is 2.67. The van der Waals surface area contributed by atoms with Gasteiger partial charge in [-0.2, -0.15) is 0 Å². The van der Waals surface area contributed by atoms with Crippen LogP contribution in [0.5, 0.6) is 0 Å². The van der Waals surface area contributed by atoms with Gasteiger partial charge in [-0.15, -0.1) is 0 Å². The monoisotopic (exact) mass is 168 g/mol. The molecule has 0 heteroatoms. The number of hydrogen-bond donors (Lipinski definition) is 0. The summed E-state index contributed by atoms with van der Waals surface area (Å²) in [5, 5.41) is 0. The van der Waals surface area contributed by atoms with Crippen LogP contribution in [0, 0.1) is 17.3 Å². The lowest BCUT2D eigenvalue weighted by Crippen LogP contribution is -2.23. The van der Waals surface area contributed by atoms with E-state index in [1.54, 1.807) is 0 Å². The predicted octanol–water partition coefficient (Wildman–Crippen LogP) is 4.25. The molecule has 1 aliphatic rings. The van der Waals surface area contributed by atoms with Crippen molar-refractivity contribution in [3.05, 3.63) is 0 Å². The van der Waals surface area contributed by atoms with Crippen molar-refractivity contribution in [3.63, 3.8) is 0 Å². The molecule has 12 heavy (non-hydrogen) atoms. The summed E-state index contributed by atoms with van der Waals surface area (Å²) >= 11 is 0. The van der Waals surface area contributed by atoms with Crippen molar-refractivity contribution >= 4 is 0 Å². The summed E-state index contributed by atoms with van der Waals surface area (Å²) in [6, 6.07) is 0. The molecule has 0 N–H and O–H groups in total. The average Bonchev–Trinajstić information content (AvgIpc) is 2.51. The first-order valence-corrected chi connectivity index (χ1v) is 5.62. The van der Waals surface area contributed by atoms with E-state index in [2.05, 4.69) is 27.7 Å². The third kappa shape index (κ3) is 1.84. The van der Waals surface area contributed by atoms with E-state index < -0.39 is 0 Å². The first-order chi connectivity index (χ1) is 5.62. The van der Waals surface area contributed by atoms with Gasteiger partial charge in [0.1, 0.15) is 0 Å². The molecule has 72 valence electrons. The Hall–Kier alpha value is 0. The van der Waals surface area contributed by atoms with E-state index in [-0.39, 0.29) is 0 Å². The topological polar surface area (TPSA) is 0 Å². The minimum atomic E-state index is 0.644. The second-order valence-electron chi connectivity index (χ2n) is 4.98. The molecule has 0 aliphatic heterocycles. The quantitative estimate of drug-likeness (QED) is 0.591. The molecule has 1 aliphatic carbocycles. The van der Waals surface area contributed by atoms with Crippen LogP contribution >= 0.6 is 0 Å². The molecule has 0 aromatic heterocycles. The summed E-state index contributed by atoms with van der Waals surface area (Å²) in [6.45, 7) is 9.60. The van der Waals surface area contributed by atoms with Gasteiger partial charge < -0.3 is 0 Å². The Balaban J connectivity index is 2.55. The van der Waals surface area contributed by atoms with Gasteiger partial charge >= 0.3 is 0 Å². The lowest BCUT2D eigenvalue weighted by Gasteiger charge is -2.33. The Morgan fingerprint density at radius 2 is 1.75 bits per heavy atom. The number of rotatable bonds is 3. The van der Waals surface area contributed by atoms with Crippen molar-refractivity contribution in [2.24, 2.45) is 17.3 Å². The van der Waals surface area contributed by atoms with E-state index in [9.17, 15) is 0 Å². The fraction of sp³-hybridized carbons (Fsp3) is 1.00. The van der Waals surface area contributed by atoms with Crippen molar-refractivity contribution < 1.29 is 0 Å². The van der Waals surface area contributed by atoms with Gasteiger partial charge in [0.2, 0.25) is 0 Å². The average molecular weight is 168 g/mol. The van der Waals surface area contributed by atoms with Gasteiger partial charge in [0.15, 0.2) is 0 Å². The van der Waals surface area contributed by atoms with E-state index in [1.165, 1.54) is 32.1 Å². The molecule has 1 saturated carbocycles. The highest BCUT2D eigenvalue weighted by Gasteiger charge is 2.35. The molecule has 1 rings (SSSR count). The van der Waals surface area contributed by atoms with Crippen LogP contribution in [0.15, 0.2) is 0 Å². The molecule has 0 amide bonds. The highest BCUT2D eigenvalue weighted by molar-refractivity contribution is 4.85. The molecule has 2 unspecified atom stereocenters. The molecule has 0 aromatic carbocycles. The van der Waals surface area contributed by atoms with Crippen molar-refractivity contribution in [2.45, 2.75) is 59.8 Å². The maximum absolute atomic E-state index is 2.48. The van der Waals surface area contributed by atoms with Crippen molar-refractivity contribution in [3.8, 4) is 0 Å². The lowest BCUT2D eigenvalue weighted by molar-refractivity contribution is 0.168. The van der Waals surface area contributed by atoms with Gasteiger partial charge in [-0.25, -0.2) is 0 Å².